The Morgan fingerprint density at radius 2 is 1.70 bits per heavy atom. The van der Waals surface area contributed by atoms with Gasteiger partial charge in [0.1, 0.15) is 5.57 Å². The molecule has 0 atom stereocenters. The van der Waals surface area contributed by atoms with Gasteiger partial charge in [-0.2, -0.15) is 0 Å². The molecule has 0 saturated carbocycles. The summed E-state index contributed by atoms with van der Waals surface area (Å²) in [4.78, 5) is 24.4. The SMILES string of the molecule is O=C1NN(c2ccc(Br)cc2)C(=O)/C1=C/c1ccc(O)c(O)c1. The second-order valence-electron chi connectivity index (χ2n) is 4.86. The van der Waals surface area contributed by atoms with E-state index < -0.39 is 11.8 Å². The van der Waals surface area contributed by atoms with Gasteiger partial charge in [0.25, 0.3) is 11.8 Å². The first-order valence-electron chi connectivity index (χ1n) is 6.60. The summed E-state index contributed by atoms with van der Waals surface area (Å²) in [6, 6.07) is 10.9. The molecule has 2 aromatic carbocycles. The van der Waals surface area contributed by atoms with E-state index in [1.54, 1.807) is 24.3 Å². The van der Waals surface area contributed by atoms with Crippen LogP contribution >= 0.6 is 15.9 Å². The highest BCUT2D eigenvalue weighted by Crippen LogP contribution is 2.27. The number of carbonyl (C=O) groups excluding carboxylic acids is 2. The molecular formula is C16H11BrN2O4. The minimum Gasteiger partial charge on any atom is -0.504 e. The summed E-state index contributed by atoms with van der Waals surface area (Å²) in [6.07, 6.45) is 1.36. The topological polar surface area (TPSA) is 89.9 Å². The fourth-order valence-corrected chi connectivity index (χ4v) is 2.39. The number of benzene rings is 2. The maximum absolute atomic E-state index is 12.4. The van der Waals surface area contributed by atoms with Gasteiger partial charge in [0.05, 0.1) is 5.69 Å². The lowest BCUT2D eigenvalue weighted by Crippen LogP contribution is -2.35. The molecule has 0 bridgehead atoms. The Kier molecular flexibility index (Phi) is 3.79. The molecule has 1 aliphatic heterocycles. The van der Waals surface area contributed by atoms with Crippen LogP contribution in [0.2, 0.25) is 0 Å². The predicted molar refractivity (Wildman–Crippen MR) is 87.5 cm³/mol. The van der Waals surface area contributed by atoms with Gasteiger partial charge in [-0.15, -0.1) is 0 Å². The number of phenols is 2. The second-order valence-corrected chi connectivity index (χ2v) is 5.78. The first kappa shape index (κ1) is 15.1. The molecule has 3 N–H and O–H groups in total. The number of rotatable bonds is 2. The molecule has 1 aliphatic rings. The van der Waals surface area contributed by atoms with Crippen molar-refractivity contribution in [2.24, 2.45) is 0 Å². The van der Waals surface area contributed by atoms with Gasteiger partial charge < -0.3 is 10.2 Å². The first-order valence-corrected chi connectivity index (χ1v) is 7.40. The third kappa shape index (κ3) is 2.91. The van der Waals surface area contributed by atoms with Gasteiger partial charge in [0, 0.05) is 4.47 Å². The van der Waals surface area contributed by atoms with Crippen LogP contribution in [-0.2, 0) is 9.59 Å². The number of nitrogens with zero attached hydrogens (tertiary/aromatic N) is 1. The zero-order valence-electron chi connectivity index (χ0n) is 11.7. The number of hydrazine groups is 1. The lowest BCUT2D eigenvalue weighted by Gasteiger charge is -2.14. The van der Waals surface area contributed by atoms with Crippen molar-refractivity contribution in [1.82, 2.24) is 5.43 Å². The van der Waals surface area contributed by atoms with Crippen LogP contribution in [0.1, 0.15) is 5.56 Å². The third-order valence-electron chi connectivity index (χ3n) is 3.29. The first-order chi connectivity index (χ1) is 11.0. The third-order valence-corrected chi connectivity index (χ3v) is 3.82. The maximum Gasteiger partial charge on any atom is 0.282 e. The van der Waals surface area contributed by atoms with Crippen LogP contribution in [0.5, 0.6) is 11.5 Å². The van der Waals surface area contributed by atoms with Crippen molar-refractivity contribution in [1.29, 1.82) is 0 Å². The molecule has 7 heteroatoms. The normalized spacial score (nSPS) is 16.0. The molecule has 2 amide bonds. The van der Waals surface area contributed by atoms with Gasteiger partial charge in [0.2, 0.25) is 0 Å². The lowest BCUT2D eigenvalue weighted by atomic mass is 10.1. The fourth-order valence-electron chi connectivity index (χ4n) is 2.13. The van der Waals surface area contributed by atoms with Crippen molar-refractivity contribution in [2.45, 2.75) is 0 Å². The highest BCUT2D eigenvalue weighted by molar-refractivity contribution is 9.10. The summed E-state index contributed by atoms with van der Waals surface area (Å²) in [5.41, 5.74) is 3.39. The molecule has 2 aromatic rings. The average Bonchev–Trinajstić information content (AvgIpc) is 2.80. The molecule has 23 heavy (non-hydrogen) atoms. The highest BCUT2D eigenvalue weighted by Gasteiger charge is 2.34. The Morgan fingerprint density at radius 3 is 2.35 bits per heavy atom. The summed E-state index contributed by atoms with van der Waals surface area (Å²) < 4.78 is 0.856. The number of anilines is 1. The molecule has 0 radical (unpaired) electrons. The minimum atomic E-state index is -0.537. The van der Waals surface area contributed by atoms with Gasteiger partial charge in [-0.25, -0.2) is 5.01 Å². The van der Waals surface area contributed by atoms with E-state index in [0.717, 1.165) is 9.48 Å². The van der Waals surface area contributed by atoms with Crippen LogP contribution in [0.4, 0.5) is 5.69 Å². The molecule has 3 rings (SSSR count). The molecule has 1 fully saturated rings. The summed E-state index contributed by atoms with van der Waals surface area (Å²) in [5, 5.41) is 19.9. The second kappa shape index (κ2) is 5.77. The van der Waals surface area contributed by atoms with Crippen molar-refractivity contribution in [3.05, 3.63) is 58.1 Å². The van der Waals surface area contributed by atoms with Crippen molar-refractivity contribution in [3.8, 4) is 11.5 Å². The Hall–Kier alpha value is -2.80. The summed E-state index contributed by atoms with van der Waals surface area (Å²) in [5.74, 6) is -1.63. The minimum absolute atomic E-state index is 0.0574. The summed E-state index contributed by atoms with van der Waals surface area (Å²) in [7, 11) is 0. The number of hydrogen-bond donors (Lipinski definition) is 3. The Labute approximate surface area is 139 Å². The predicted octanol–water partition coefficient (Wildman–Crippen LogP) is 2.32. The van der Waals surface area contributed by atoms with Crippen LogP contribution in [0.15, 0.2) is 52.5 Å². The summed E-state index contributed by atoms with van der Waals surface area (Å²) >= 11 is 3.30. The van der Waals surface area contributed by atoms with Crippen molar-refractivity contribution in [3.63, 3.8) is 0 Å². The van der Waals surface area contributed by atoms with Crippen molar-refractivity contribution < 1.29 is 19.8 Å². The summed E-state index contributed by atoms with van der Waals surface area (Å²) in [6.45, 7) is 0. The number of aromatic hydroxyl groups is 2. The van der Waals surface area contributed by atoms with Crippen LogP contribution in [0, 0.1) is 0 Å². The van der Waals surface area contributed by atoms with E-state index >= 15 is 0 Å². The van der Waals surface area contributed by atoms with Gasteiger partial charge in [-0.05, 0) is 48.0 Å². The van der Waals surface area contributed by atoms with E-state index in [1.165, 1.54) is 24.3 Å². The van der Waals surface area contributed by atoms with Gasteiger partial charge >= 0.3 is 0 Å². The molecule has 0 aromatic heterocycles. The van der Waals surface area contributed by atoms with E-state index in [1.807, 2.05) is 0 Å². The molecule has 1 saturated heterocycles. The van der Waals surface area contributed by atoms with E-state index in [2.05, 4.69) is 21.4 Å². The van der Waals surface area contributed by atoms with E-state index in [-0.39, 0.29) is 17.1 Å². The highest BCUT2D eigenvalue weighted by atomic mass is 79.9. The molecule has 0 aliphatic carbocycles. The molecule has 6 nitrogen and oxygen atoms in total. The van der Waals surface area contributed by atoms with Crippen molar-refractivity contribution in [2.75, 3.05) is 5.01 Å². The lowest BCUT2D eigenvalue weighted by molar-refractivity contribution is -0.117. The van der Waals surface area contributed by atoms with Crippen molar-refractivity contribution >= 4 is 39.5 Å². The van der Waals surface area contributed by atoms with Crippen LogP contribution in [0.25, 0.3) is 6.08 Å². The zero-order valence-corrected chi connectivity index (χ0v) is 13.2. The number of amides is 2. The number of hydrogen-bond acceptors (Lipinski definition) is 4. The molecule has 0 spiro atoms. The number of carbonyl (C=O) groups is 2. The maximum atomic E-state index is 12.4. The van der Waals surface area contributed by atoms with Gasteiger partial charge in [-0.3, -0.25) is 15.0 Å². The zero-order chi connectivity index (χ0) is 16.6. The largest absolute Gasteiger partial charge is 0.504 e. The number of halogens is 1. The monoisotopic (exact) mass is 374 g/mol. The van der Waals surface area contributed by atoms with E-state index in [4.69, 9.17) is 0 Å². The number of phenolic OH excluding ortho intramolecular Hbond substituents is 2. The quantitative estimate of drug-likeness (QED) is 0.427. The molecular weight excluding hydrogens is 364 g/mol. The van der Waals surface area contributed by atoms with Gasteiger partial charge in [0.15, 0.2) is 11.5 Å². The van der Waals surface area contributed by atoms with E-state index in [0.29, 0.717) is 11.3 Å². The van der Waals surface area contributed by atoms with Gasteiger partial charge in [-0.1, -0.05) is 22.0 Å². The fraction of sp³-hybridized carbons (Fsp3) is 0. The van der Waals surface area contributed by atoms with Crippen LogP contribution in [0.3, 0.4) is 0 Å². The molecule has 1 heterocycles. The van der Waals surface area contributed by atoms with Crippen LogP contribution < -0.4 is 10.4 Å². The smallest absolute Gasteiger partial charge is 0.282 e. The molecule has 116 valence electrons. The Morgan fingerprint density at radius 1 is 1.00 bits per heavy atom. The number of nitrogens with one attached hydrogen (secondary N) is 1. The standard InChI is InChI=1S/C16H11BrN2O4/c17-10-2-4-11(5-3-10)19-16(23)12(15(22)18-19)7-9-1-6-13(20)14(21)8-9/h1-8,20-21H,(H,18,22)/b12-7+. The average molecular weight is 375 g/mol. The Balaban J connectivity index is 1.93. The van der Waals surface area contributed by atoms with E-state index in [9.17, 15) is 19.8 Å². The molecule has 0 unspecified atom stereocenters. The Bertz CT molecular complexity index is 830. The van der Waals surface area contributed by atoms with Crippen LogP contribution in [-0.4, -0.2) is 22.0 Å².